The van der Waals surface area contributed by atoms with E-state index in [1.165, 1.54) is 18.4 Å². The second-order valence-corrected chi connectivity index (χ2v) is 9.03. The molecule has 2 aromatic rings. The summed E-state index contributed by atoms with van der Waals surface area (Å²) in [6.45, 7) is 7.01. The van der Waals surface area contributed by atoms with E-state index >= 15 is 0 Å². The lowest BCUT2D eigenvalue weighted by Crippen LogP contribution is -2.37. The Balaban J connectivity index is 1.76. The van der Waals surface area contributed by atoms with Crippen molar-refractivity contribution >= 4 is 17.7 Å². The zero-order valence-corrected chi connectivity index (χ0v) is 17.8. The number of methoxy groups -OCH3 is 1. The molecule has 1 unspecified atom stereocenters. The Kier molecular flexibility index (Phi) is 7.40. The van der Waals surface area contributed by atoms with Gasteiger partial charge in [-0.2, -0.15) is 0 Å². The predicted molar refractivity (Wildman–Crippen MR) is 116 cm³/mol. The first-order valence-electron chi connectivity index (χ1n) is 10.0. The first kappa shape index (κ1) is 20.7. The first-order chi connectivity index (χ1) is 13.6. The predicted octanol–water partition coefficient (Wildman–Crippen LogP) is 4.76. The quantitative estimate of drug-likeness (QED) is 0.651. The second kappa shape index (κ2) is 9.99. The third-order valence-corrected chi connectivity index (χ3v) is 6.09. The van der Waals surface area contributed by atoms with Crippen LogP contribution in [0.2, 0.25) is 0 Å². The van der Waals surface area contributed by atoms with Gasteiger partial charge in [-0.3, -0.25) is 9.69 Å². The molecule has 1 aliphatic heterocycles. The molecule has 0 spiro atoms. The van der Waals surface area contributed by atoms with Gasteiger partial charge in [-0.1, -0.05) is 38.1 Å². The number of nitrogens with zero attached hydrogens (tertiary/aromatic N) is 1. The zero-order chi connectivity index (χ0) is 19.9. The van der Waals surface area contributed by atoms with Crippen molar-refractivity contribution in [1.29, 1.82) is 0 Å². The average Bonchev–Trinajstić information content (AvgIpc) is 3.22. The molecule has 0 aromatic heterocycles. The third-order valence-electron chi connectivity index (χ3n) is 5.01. The van der Waals surface area contributed by atoms with Crippen LogP contribution in [0.25, 0.3) is 0 Å². The number of rotatable bonds is 8. The van der Waals surface area contributed by atoms with E-state index in [4.69, 9.17) is 4.74 Å². The highest BCUT2D eigenvalue weighted by Gasteiger charge is 2.25. The Morgan fingerprint density at radius 2 is 1.89 bits per heavy atom. The van der Waals surface area contributed by atoms with Crippen molar-refractivity contribution in [3.8, 4) is 5.75 Å². The minimum absolute atomic E-state index is 0.00385. The summed E-state index contributed by atoms with van der Waals surface area (Å²) in [6, 6.07) is 16.2. The molecule has 2 aromatic carbocycles. The zero-order valence-electron chi connectivity index (χ0n) is 17.0. The summed E-state index contributed by atoms with van der Waals surface area (Å²) in [4.78, 5) is 16.5. The van der Waals surface area contributed by atoms with Crippen LogP contribution in [0, 0.1) is 0 Å². The van der Waals surface area contributed by atoms with E-state index in [-0.39, 0.29) is 11.9 Å². The van der Waals surface area contributed by atoms with Gasteiger partial charge in [0.2, 0.25) is 0 Å². The number of nitrogens with one attached hydrogen (secondary N) is 1. The highest BCUT2D eigenvalue weighted by atomic mass is 32.2. The topological polar surface area (TPSA) is 41.6 Å². The fourth-order valence-corrected chi connectivity index (χ4v) is 4.61. The highest BCUT2D eigenvalue weighted by Crippen LogP contribution is 2.29. The molecule has 1 amide bonds. The van der Waals surface area contributed by atoms with Crippen LogP contribution < -0.4 is 10.1 Å². The number of likely N-dealkylation sites (tertiary alicyclic amines) is 1. The summed E-state index contributed by atoms with van der Waals surface area (Å²) in [5.74, 6) is 0.850. The Morgan fingerprint density at radius 3 is 2.61 bits per heavy atom. The summed E-state index contributed by atoms with van der Waals surface area (Å²) in [5.41, 5.74) is 1.94. The van der Waals surface area contributed by atoms with E-state index in [0.717, 1.165) is 29.3 Å². The summed E-state index contributed by atoms with van der Waals surface area (Å²) in [5, 5.41) is 3.62. The smallest absolute Gasteiger partial charge is 0.252 e. The molecule has 1 atom stereocenters. The molecule has 0 saturated carbocycles. The van der Waals surface area contributed by atoms with Gasteiger partial charge in [0, 0.05) is 16.7 Å². The van der Waals surface area contributed by atoms with Crippen LogP contribution in [0.5, 0.6) is 5.75 Å². The molecule has 3 rings (SSSR count). The second-order valence-electron chi connectivity index (χ2n) is 7.41. The van der Waals surface area contributed by atoms with E-state index in [1.54, 1.807) is 18.9 Å². The molecule has 1 aliphatic rings. The molecule has 1 N–H and O–H groups in total. The molecule has 0 bridgehead atoms. The van der Waals surface area contributed by atoms with Crippen LogP contribution in [-0.2, 0) is 0 Å². The maximum absolute atomic E-state index is 13.0. The van der Waals surface area contributed by atoms with Crippen molar-refractivity contribution in [3.05, 3.63) is 59.7 Å². The molecule has 4 nitrogen and oxygen atoms in total. The van der Waals surface area contributed by atoms with Crippen molar-refractivity contribution in [2.45, 2.75) is 42.9 Å². The lowest BCUT2D eigenvalue weighted by atomic mass is 10.0. The summed E-state index contributed by atoms with van der Waals surface area (Å²) < 4.78 is 5.41. The van der Waals surface area contributed by atoms with Crippen LogP contribution in [0.3, 0.4) is 0 Å². The fraction of sp³-hybridized carbons (Fsp3) is 0.435. The van der Waals surface area contributed by atoms with E-state index in [0.29, 0.717) is 11.8 Å². The number of carbonyl (C=O) groups is 1. The van der Waals surface area contributed by atoms with Gasteiger partial charge in [-0.15, -0.1) is 11.8 Å². The Hall–Kier alpha value is -1.98. The van der Waals surface area contributed by atoms with E-state index in [2.05, 4.69) is 36.2 Å². The highest BCUT2D eigenvalue weighted by molar-refractivity contribution is 8.00. The minimum atomic E-state index is -0.00385. The summed E-state index contributed by atoms with van der Waals surface area (Å²) in [6.07, 6.45) is 2.42. The molecule has 5 heteroatoms. The van der Waals surface area contributed by atoms with Crippen molar-refractivity contribution in [1.82, 2.24) is 10.2 Å². The normalized spacial score (nSPS) is 15.6. The Morgan fingerprint density at radius 1 is 1.14 bits per heavy atom. The number of hydrogen-bond acceptors (Lipinski definition) is 4. The molecule has 0 radical (unpaired) electrons. The van der Waals surface area contributed by atoms with Gasteiger partial charge < -0.3 is 10.1 Å². The molecule has 28 heavy (non-hydrogen) atoms. The minimum Gasteiger partial charge on any atom is -0.497 e. The van der Waals surface area contributed by atoms with Gasteiger partial charge in [0.05, 0.1) is 18.7 Å². The SMILES string of the molecule is COc1cccc(C(CNC(=O)c2ccccc2SC(C)C)N2CCCC2)c1. The maximum atomic E-state index is 13.0. The van der Waals surface area contributed by atoms with Crippen molar-refractivity contribution in [2.24, 2.45) is 0 Å². The lowest BCUT2D eigenvalue weighted by Gasteiger charge is -2.28. The molecule has 150 valence electrons. The summed E-state index contributed by atoms with van der Waals surface area (Å²) >= 11 is 1.73. The molecular formula is C23H30N2O2S. The van der Waals surface area contributed by atoms with Crippen LogP contribution in [0.4, 0.5) is 0 Å². The van der Waals surface area contributed by atoms with Crippen LogP contribution in [0.1, 0.15) is 48.7 Å². The van der Waals surface area contributed by atoms with Crippen LogP contribution in [-0.4, -0.2) is 42.8 Å². The number of carbonyl (C=O) groups excluding carboxylic acids is 1. The number of hydrogen-bond donors (Lipinski definition) is 1. The number of benzene rings is 2. The van der Waals surface area contributed by atoms with Gasteiger partial charge in [-0.05, 0) is 55.8 Å². The maximum Gasteiger partial charge on any atom is 0.252 e. The lowest BCUT2D eigenvalue weighted by molar-refractivity contribution is 0.0935. The Bertz CT molecular complexity index is 788. The number of amides is 1. The molecule has 1 heterocycles. The van der Waals surface area contributed by atoms with Crippen LogP contribution >= 0.6 is 11.8 Å². The van der Waals surface area contributed by atoms with Crippen LogP contribution in [0.15, 0.2) is 53.4 Å². The molecular weight excluding hydrogens is 368 g/mol. The fourth-order valence-electron chi connectivity index (χ4n) is 3.66. The number of ether oxygens (including phenoxy) is 1. The van der Waals surface area contributed by atoms with Crippen molar-refractivity contribution in [2.75, 3.05) is 26.7 Å². The molecule has 1 saturated heterocycles. The Labute approximate surface area is 172 Å². The van der Waals surface area contributed by atoms with E-state index in [9.17, 15) is 4.79 Å². The van der Waals surface area contributed by atoms with Crippen molar-refractivity contribution < 1.29 is 9.53 Å². The van der Waals surface area contributed by atoms with E-state index < -0.39 is 0 Å². The largest absolute Gasteiger partial charge is 0.497 e. The molecule has 0 aliphatic carbocycles. The van der Waals surface area contributed by atoms with Gasteiger partial charge in [-0.25, -0.2) is 0 Å². The van der Waals surface area contributed by atoms with Gasteiger partial charge >= 0.3 is 0 Å². The van der Waals surface area contributed by atoms with Gasteiger partial charge in [0.25, 0.3) is 5.91 Å². The molecule has 1 fully saturated rings. The standard InChI is InChI=1S/C23H30N2O2S/c1-17(2)28-22-12-5-4-11-20(22)23(26)24-16-21(25-13-6-7-14-25)18-9-8-10-19(15-18)27-3/h4-5,8-12,15,17,21H,6-7,13-14,16H2,1-3H3,(H,24,26). The van der Waals surface area contributed by atoms with Crippen molar-refractivity contribution in [3.63, 3.8) is 0 Å². The first-order valence-corrected chi connectivity index (χ1v) is 10.9. The third kappa shape index (κ3) is 5.30. The van der Waals surface area contributed by atoms with E-state index in [1.807, 2.05) is 36.4 Å². The van der Waals surface area contributed by atoms with Gasteiger partial charge in [0.15, 0.2) is 0 Å². The summed E-state index contributed by atoms with van der Waals surface area (Å²) in [7, 11) is 1.69. The van der Waals surface area contributed by atoms with Gasteiger partial charge in [0.1, 0.15) is 5.75 Å². The number of thioether (sulfide) groups is 1. The average molecular weight is 399 g/mol. The monoisotopic (exact) mass is 398 g/mol.